The van der Waals surface area contributed by atoms with Gasteiger partial charge >= 0.3 is 0 Å². The van der Waals surface area contributed by atoms with Gasteiger partial charge in [-0.25, -0.2) is 4.39 Å². The first-order valence-electron chi connectivity index (χ1n) is 5.73. The zero-order chi connectivity index (χ0) is 13.4. The van der Waals surface area contributed by atoms with Gasteiger partial charge in [0.15, 0.2) is 0 Å². The van der Waals surface area contributed by atoms with Crippen LogP contribution in [0.3, 0.4) is 0 Å². The Labute approximate surface area is 106 Å². The van der Waals surface area contributed by atoms with Gasteiger partial charge < -0.3 is 15.2 Å². The fourth-order valence-electron chi connectivity index (χ4n) is 1.66. The average Bonchev–Trinajstić information content (AvgIpc) is 2.38. The topological polar surface area (TPSA) is 65.3 Å². The number of nitrogens with zero attached hydrogens (tertiary/aromatic N) is 1. The third-order valence-corrected chi connectivity index (χ3v) is 2.63. The molecule has 0 radical (unpaired) electrons. The molecule has 1 unspecified atom stereocenters. The summed E-state index contributed by atoms with van der Waals surface area (Å²) in [5, 5.41) is 20.7. The molecule has 0 spiro atoms. The van der Waals surface area contributed by atoms with Crippen molar-refractivity contribution in [3.8, 4) is 6.07 Å². The summed E-state index contributed by atoms with van der Waals surface area (Å²) in [4.78, 5) is 0. The van der Waals surface area contributed by atoms with Crippen molar-refractivity contribution in [3.63, 3.8) is 0 Å². The molecule has 5 heteroatoms. The van der Waals surface area contributed by atoms with Gasteiger partial charge in [-0.2, -0.15) is 5.26 Å². The monoisotopic (exact) mass is 252 g/mol. The molecule has 1 rings (SSSR count). The second kappa shape index (κ2) is 7.77. The summed E-state index contributed by atoms with van der Waals surface area (Å²) in [6.07, 6.45) is 0.535. The van der Waals surface area contributed by atoms with Gasteiger partial charge in [0, 0.05) is 31.9 Å². The van der Waals surface area contributed by atoms with E-state index in [0.29, 0.717) is 25.1 Å². The summed E-state index contributed by atoms with van der Waals surface area (Å²) in [6.45, 7) is 0.789. The van der Waals surface area contributed by atoms with Gasteiger partial charge in [-0.15, -0.1) is 0 Å². The predicted molar refractivity (Wildman–Crippen MR) is 65.3 cm³/mol. The van der Waals surface area contributed by atoms with Gasteiger partial charge in [-0.3, -0.25) is 0 Å². The van der Waals surface area contributed by atoms with E-state index in [9.17, 15) is 4.39 Å². The Kier molecular flexibility index (Phi) is 6.29. The van der Waals surface area contributed by atoms with E-state index < -0.39 is 5.82 Å². The summed E-state index contributed by atoms with van der Waals surface area (Å²) in [7, 11) is 1.57. The lowest BCUT2D eigenvalue weighted by atomic mass is 10.1. The zero-order valence-electron chi connectivity index (χ0n) is 10.3. The average molecular weight is 252 g/mol. The number of aliphatic hydroxyl groups excluding tert-OH is 1. The molecule has 0 bridgehead atoms. The molecule has 0 fully saturated rings. The van der Waals surface area contributed by atoms with Crippen molar-refractivity contribution in [3.05, 3.63) is 35.1 Å². The Morgan fingerprint density at radius 1 is 1.56 bits per heavy atom. The Bertz CT molecular complexity index is 412. The first-order valence-corrected chi connectivity index (χ1v) is 5.73. The van der Waals surface area contributed by atoms with Crippen LogP contribution in [0.2, 0.25) is 0 Å². The molecule has 0 aromatic heterocycles. The van der Waals surface area contributed by atoms with Crippen LogP contribution >= 0.6 is 0 Å². The molecular formula is C13H17FN2O2. The molecule has 0 saturated heterocycles. The maximum Gasteiger partial charge on any atom is 0.145 e. The first kappa shape index (κ1) is 14.6. The summed E-state index contributed by atoms with van der Waals surface area (Å²) >= 11 is 0. The molecule has 1 aromatic carbocycles. The number of methoxy groups -OCH3 is 1. The second-order valence-corrected chi connectivity index (χ2v) is 3.94. The number of ether oxygens (including phenoxy) is 1. The number of rotatable bonds is 7. The fourth-order valence-corrected chi connectivity index (χ4v) is 1.66. The van der Waals surface area contributed by atoms with Gasteiger partial charge in [-0.05, 0) is 12.5 Å². The highest BCUT2D eigenvalue weighted by Gasteiger charge is 2.11. The molecule has 98 valence electrons. The highest BCUT2D eigenvalue weighted by Crippen LogP contribution is 2.12. The lowest BCUT2D eigenvalue weighted by Crippen LogP contribution is -2.33. The van der Waals surface area contributed by atoms with Crippen LogP contribution in [-0.4, -0.2) is 31.5 Å². The number of aliphatic hydroxyl groups is 1. The summed E-state index contributed by atoms with van der Waals surface area (Å²) < 4.78 is 18.8. The van der Waals surface area contributed by atoms with Crippen LogP contribution in [0.1, 0.15) is 17.5 Å². The quantitative estimate of drug-likeness (QED) is 0.765. The van der Waals surface area contributed by atoms with Gasteiger partial charge in [0.2, 0.25) is 0 Å². The smallest absolute Gasteiger partial charge is 0.145 e. The van der Waals surface area contributed by atoms with Crippen molar-refractivity contribution in [1.82, 2.24) is 5.32 Å². The number of hydrogen-bond acceptors (Lipinski definition) is 4. The van der Waals surface area contributed by atoms with Crippen molar-refractivity contribution in [2.24, 2.45) is 0 Å². The van der Waals surface area contributed by atoms with E-state index in [1.165, 1.54) is 6.07 Å². The van der Waals surface area contributed by atoms with Gasteiger partial charge in [0.25, 0.3) is 0 Å². The number of halogens is 1. The highest BCUT2D eigenvalue weighted by atomic mass is 19.1. The maximum atomic E-state index is 13.8. The largest absolute Gasteiger partial charge is 0.396 e. The number of hydrogen-bond donors (Lipinski definition) is 2. The minimum atomic E-state index is -0.493. The molecule has 2 N–H and O–H groups in total. The minimum Gasteiger partial charge on any atom is -0.396 e. The molecule has 18 heavy (non-hydrogen) atoms. The predicted octanol–water partition coefficient (Wildman–Crippen LogP) is 1.18. The van der Waals surface area contributed by atoms with Crippen molar-refractivity contribution < 1.29 is 14.2 Å². The van der Waals surface area contributed by atoms with Crippen LogP contribution < -0.4 is 5.32 Å². The second-order valence-electron chi connectivity index (χ2n) is 3.94. The van der Waals surface area contributed by atoms with Gasteiger partial charge in [0.05, 0.1) is 12.2 Å². The normalized spacial score (nSPS) is 12.1. The molecule has 1 atom stereocenters. The molecule has 0 aliphatic carbocycles. The molecule has 0 saturated carbocycles. The van der Waals surface area contributed by atoms with E-state index in [-0.39, 0.29) is 18.2 Å². The molecule has 0 aliphatic rings. The highest BCUT2D eigenvalue weighted by molar-refractivity contribution is 5.34. The number of benzene rings is 1. The van der Waals surface area contributed by atoms with E-state index in [4.69, 9.17) is 15.1 Å². The molecule has 1 aromatic rings. The summed E-state index contributed by atoms with van der Waals surface area (Å²) in [5.41, 5.74) is 0.479. The van der Waals surface area contributed by atoms with Crippen LogP contribution in [-0.2, 0) is 11.3 Å². The lowest BCUT2D eigenvalue weighted by Gasteiger charge is -2.17. The standard InChI is InChI=1S/C13H17FN2O2/c1-18-9-12(5-6-17)16-8-11-4-2-3-10(7-15)13(11)14/h2-4,12,16-17H,5-6,8-9H2,1H3. The van der Waals surface area contributed by atoms with Crippen LogP contribution in [0.5, 0.6) is 0 Å². The Balaban J connectivity index is 2.64. The molecule has 0 heterocycles. The van der Waals surface area contributed by atoms with E-state index in [0.717, 1.165) is 0 Å². The molecule has 0 amide bonds. The van der Waals surface area contributed by atoms with Crippen molar-refractivity contribution in [2.45, 2.75) is 19.0 Å². The third kappa shape index (κ3) is 4.08. The Hall–Kier alpha value is -1.48. The molecule has 4 nitrogen and oxygen atoms in total. The SMILES string of the molecule is COCC(CCO)NCc1cccc(C#N)c1F. The van der Waals surface area contributed by atoms with Crippen LogP contribution in [0.25, 0.3) is 0 Å². The van der Waals surface area contributed by atoms with Crippen LogP contribution in [0.4, 0.5) is 4.39 Å². The summed E-state index contributed by atoms with van der Waals surface area (Å²) in [5.74, 6) is -0.493. The Morgan fingerprint density at radius 2 is 2.33 bits per heavy atom. The lowest BCUT2D eigenvalue weighted by molar-refractivity contribution is 0.148. The van der Waals surface area contributed by atoms with E-state index in [1.54, 1.807) is 25.3 Å². The van der Waals surface area contributed by atoms with E-state index in [1.807, 2.05) is 0 Å². The first-order chi connectivity index (χ1) is 8.72. The van der Waals surface area contributed by atoms with Gasteiger partial charge in [0.1, 0.15) is 11.9 Å². The number of nitriles is 1. The zero-order valence-corrected chi connectivity index (χ0v) is 10.3. The molecule has 0 aliphatic heterocycles. The van der Waals surface area contributed by atoms with Crippen molar-refractivity contribution >= 4 is 0 Å². The number of nitrogens with one attached hydrogen (secondary N) is 1. The minimum absolute atomic E-state index is 0.0369. The van der Waals surface area contributed by atoms with E-state index >= 15 is 0 Å². The fraction of sp³-hybridized carbons (Fsp3) is 0.462. The Morgan fingerprint density at radius 3 is 2.94 bits per heavy atom. The third-order valence-electron chi connectivity index (χ3n) is 2.63. The van der Waals surface area contributed by atoms with Crippen molar-refractivity contribution in [1.29, 1.82) is 5.26 Å². The molecular weight excluding hydrogens is 235 g/mol. The summed E-state index contributed by atoms with van der Waals surface area (Å²) in [6, 6.07) is 6.49. The van der Waals surface area contributed by atoms with Gasteiger partial charge in [-0.1, -0.05) is 12.1 Å². The van der Waals surface area contributed by atoms with Crippen molar-refractivity contribution in [2.75, 3.05) is 20.3 Å². The maximum absolute atomic E-state index is 13.8. The van der Waals surface area contributed by atoms with Crippen LogP contribution in [0.15, 0.2) is 18.2 Å². The van der Waals surface area contributed by atoms with Crippen LogP contribution in [0, 0.1) is 17.1 Å². The van der Waals surface area contributed by atoms with E-state index in [2.05, 4.69) is 5.32 Å².